The lowest BCUT2D eigenvalue weighted by Crippen LogP contribution is -2.15. The molecular formula is C13H11Br2N3O. The van der Waals surface area contributed by atoms with E-state index in [1.807, 2.05) is 18.2 Å². The van der Waals surface area contributed by atoms with E-state index in [0.29, 0.717) is 22.6 Å². The Morgan fingerprint density at radius 2 is 1.68 bits per heavy atom. The van der Waals surface area contributed by atoms with Crippen LogP contribution in [0.4, 0.5) is 17.1 Å². The normalized spacial score (nSPS) is 10.2. The molecule has 0 aliphatic carbocycles. The molecule has 0 aliphatic rings. The number of hydrogen-bond donors (Lipinski definition) is 3. The summed E-state index contributed by atoms with van der Waals surface area (Å²) in [7, 11) is 0. The standard InChI is InChI=1S/C13H11Br2N3O/c14-9-2-1-3-10(15)12(9)18-13(19)8-5-4-7(16)6-11(8)17/h1-6H,16-17H2,(H,18,19). The molecule has 0 fully saturated rings. The van der Waals surface area contributed by atoms with Crippen LogP contribution in [0.1, 0.15) is 10.4 Å². The second-order valence-corrected chi connectivity index (χ2v) is 5.61. The average Bonchev–Trinajstić information content (AvgIpc) is 2.33. The summed E-state index contributed by atoms with van der Waals surface area (Å²) >= 11 is 6.76. The number of hydrogen-bond acceptors (Lipinski definition) is 3. The Morgan fingerprint density at radius 3 is 2.26 bits per heavy atom. The zero-order valence-corrected chi connectivity index (χ0v) is 13.0. The Balaban J connectivity index is 2.31. The monoisotopic (exact) mass is 383 g/mol. The van der Waals surface area contributed by atoms with E-state index in [0.717, 1.165) is 8.95 Å². The summed E-state index contributed by atoms with van der Waals surface area (Å²) in [5, 5.41) is 2.80. The van der Waals surface area contributed by atoms with E-state index in [2.05, 4.69) is 37.2 Å². The zero-order valence-electron chi connectivity index (χ0n) is 9.78. The van der Waals surface area contributed by atoms with E-state index in [9.17, 15) is 4.79 Å². The molecule has 19 heavy (non-hydrogen) atoms. The average molecular weight is 385 g/mol. The highest BCUT2D eigenvalue weighted by Gasteiger charge is 2.13. The predicted octanol–water partition coefficient (Wildman–Crippen LogP) is 3.63. The van der Waals surface area contributed by atoms with Crippen molar-refractivity contribution in [3.05, 3.63) is 50.9 Å². The lowest BCUT2D eigenvalue weighted by atomic mass is 10.1. The molecule has 2 aromatic rings. The van der Waals surface area contributed by atoms with E-state index in [1.54, 1.807) is 18.2 Å². The number of para-hydroxylation sites is 1. The van der Waals surface area contributed by atoms with Crippen LogP contribution in [0.2, 0.25) is 0 Å². The molecule has 4 nitrogen and oxygen atoms in total. The summed E-state index contributed by atoms with van der Waals surface area (Å²) in [4.78, 5) is 12.2. The first-order valence-corrected chi connectivity index (χ1v) is 6.98. The molecule has 1 amide bonds. The highest BCUT2D eigenvalue weighted by Crippen LogP contribution is 2.31. The molecule has 6 heteroatoms. The first-order chi connectivity index (χ1) is 8.99. The number of nitrogens with one attached hydrogen (secondary N) is 1. The number of rotatable bonds is 2. The molecule has 2 aromatic carbocycles. The fraction of sp³-hybridized carbons (Fsp3) is 0. The van der Waals surface area contributed by atoms with Gasteiger partial charge in [0.05, 0.1) is 11.3 Å². The van der Waals surface area contributed by atoms with Crippen molar-refractivity contribution >= 4 is 54.8 Å². The van der Waals surface area contributed by atoms with Gasteiger partial charge in [-0.05, 0) is 62.2 Å². The summed E-state index contributed by atoms with van der Waals surface area (Å²) in [6.07, 6.45) is 0. The molecule has 98 valence electrons. The summed E-state index contributed by atoms with van der Waals surface area (Å²) in [5.41, 5.74) is 13.3. The van der Waals surface area contributed by atoms with Crippen LogP contribution in [-0.2, 0) is 0 Å². The number of halogens is 2. The van der Waals surface area contributed by atoms with Gasteiger partial charge in [0.1, 0.15) is 0 Å². The van der Waals surface area contributed by atoms with Crippen molar-refractivity contribution in [2.75, 3.05) is 16.8 Å². The number of carbonyl (C=O) groups is 1. The first-order valence-electron chi connectivity index (χ1n) is 5.39. The Labute approximate surface area is 127 Å². The van der Waals surface area contributed by atoms with Crippen molar-refractivity contribution < 1.29 is 4.79 Å². The number of nitrogen functional groups attached to an aromatic ring is 2. The van der Waals surface area contributed by atoms with Crippen molar-refractivity contribution in [1.82, 2.24) is 0 Å². The molecule has 0 saturated carbocycles. The van der Waals surface area contributed by atoms with Crippen LogP contribution in [0.5, 0.6) is 0 Å². The molecule has 0 atom stereocenters. The summed E-state index contributed by atoms with van der Waals surface area (Å²) in [6, 6.07) is 10.3. The number of carbonyl (C=O) groups excluding carboxylic acids is 1. The van der Waals surface area contributed by atoms with Crippen LogP contribution in [0.15, 0.2) is 45.3 Å². The van der Waals surface area contributed by atoms with E-state index >= 15 is 0 Å². The van der Waals surface area contributed by atoms with Gasteiger partial charge < -0.3 is 16.8 Å². The topological polar surface area (TPSA) is 81.1 Å². The predicted molar refractivity (Wildman–Crippen MR) is 85.1 cm³/mol. The quantitative estimate of drug-likeness (QED) is 0.691. The molecule has 0 bridgehead atoms. The summed E-state index contributed by atoms with van der Waals surface area (Å²) < 4.78 is 1.56. The largest absolute Gasteiger partial charge is 0.399 e. The SMILES string of the molecule is Nc1ccc(C(=O)Nc2c(Br)cccc2Br)c(N)c1. The molecule has 0 radical (unpaired) electrons. The smallest absolute Gasteiger partial charge is 0.257 e. The maximum atomic E-state index is 12.2. The van der Waals surface area contributed by atoms with Gasteiger partial charge in [-0.25, -0.2) is 0 Å². The van der Waals surface area contributed by atoms with Crippen molar-refractivity contribution in [2.24, 2.45) is 0 Å². The molecule has 0 saturated heterocycles. The summed E-state index contributed by atoms with van der Waals surface area (Å²) in [6.45, 7) is 0. The minimum atomic E-state index is -0.287. The molecule has 0 heterocycles. The fourth-order valence-electron chi connectivity index (χ4n) is 1.59. The summed E-state index contributed by atoms with van der Waals surface area (Å²) in [5.74, 6) is -0.287. The van der Waals surface area contributed by atoms with E-state index in [4.69, 9.17) is 11.5 Å². The lowest BCUT2D eigenvalue weighted by Gasteiger charge is -2.11. The third-order valence-corrected chi connectivity index (χ3v) is 3.84. The maximum Gasteiger partial charge on any atom is 0.257 e. The second kappa shape index (κ2) is 5.63. The second-order valence-electron chi connectivity index (χ2n) is 3.90. The number of amides is 1. The van der Waals surface area contributed by atoms with Gasteiger partial charge in [-0.3, -0.25) is 4.79 Å². The highest BCUT2D eigenvalue weighted by molar-refractivity contribution is 9.11. The van der Waals surface area contributed by atoms with Crippen molar-refractivity contribution in [3.8, 4) is 0 Å². The minimum absolute atomic E-state index is 0.287. The molecule has 0 aromatic heterocycles. The fourth-order valence-corrected chi connectivity index (χ4v) is 2.78. The number of benzene rings is 2. The molecule has 0 unspecified atom stereocenters. The van der Waals surface area contributed by atoms with Crippen LogP contribution >= 0.6 is 31.9 Å². The molecule has 2 rings (SSSR count). The van der Waals surface area contributed by atoms with Gasteiger partial charge in [-0.2, -0.15) is 0 Å². The van der Waals surface area contributed by atoms with Gasteiger partial charge >= 0.3 is 0 Å². The molecule has 0 spiro atoms. The van der Waals surface area contributed by atoms with Gasteiger partial charge in [0.25, 0.3) is 5.91 Å². The number of anilines is 3. The Hall–Kier alpha value is -1.53. The minimum Gasteiger partial charge on any atom is -0.399 e. The van der Waals surface area contributed by atoms with Crippen LogP contribution in [0.25, 0.3) is 0 Å². The van der Waals surface area contributed by atoms with Crippen LogP contribution < -0.4 is 16.8 Å². The van der Waals surface area contributed by atoms with Gasteiger partial charge in [-0.15, -0.1) is 0 Å². The van der Waals surface area contributed by atoms with Gasteiger partial charge in [0.2, 0.25) is 0 Å². The van der Waals surface area contributed by atoms with Crippen molar-refractivity contribution in [2.45, 2.75) is 0 Å². The third kappa shape index (κ3) is 3.08. The first kappa shape index (κ1) is 13.9. The van der Waals surface area contributed by atoms with E-state index in [-0.39, 0.29) is 5.91 Å². The van der Waals surface area contributed by atoms with Crippen LogP contribution in [-0.4, -0.2) is 5.91 Å². The Kier molecular flexibility index (Phi) is 4.11. The van der Waals surface area contributed by atoms with Crippen LogP contribution in [0.3, 0.4) is 0 Å². The van der Waals surface area contributed by atoms with E-state index in [1.165, 1.54) is 0 Å². The lowest BCUT2D eigenvalue weighted by molar-refractivity contribution is 0.102. The molecule has 5 N–H and O–H groups in total. The molecular weight excluding hydrogens is 374 g/mol. The van der Waals surface area contributed by atoms with Gasteiger partial charge in [0, 0.05) is 20.3 Å². The van der Waals surface area contributed by atoms with Crippen LogP contribution in [0, 0.1) is 0 Å². The highest BCUT2D eigenvalue weighted by atomic mass is 79.9. The van der Waals surface area contributed by atoms with Crippen molar-refractivity contribution in [1.29, 1.82) is 0 Å². The third-order valence-electron chi connectivity index (χ3n) is 2.52. The Morgan fingerprint density at radius 1 is 1.05 bits per heavy atom. The zero-order chi connectivity index (χ0) is 14.0. The number of nitrogens with two attached hydrogens (primary N) is 2. The van der Waals surface area contributed by atoms with Gasteiger partial charge in [-0.1, -0.05) is 6.07 Å². The Bertz CT molecular complexity index is 624. The molecule has 0 aliphatic heterocycles. The maximum absolute atomic E-state index is 12.2. The van der Waals surface area contributed by atoms with Gasteiger partial charge in [0.15, 0.2) is 0 Å². The van der Waals surface area contributed by atoms with E-state index < -0.39 is 0 Å². The van der Waals surface area contributed by atoms with Crippen molar-refractivity contribution in [3.63, 3.8) is 0 Å².